The van der Waals surface area contributed by atoms with Crippen LogP contribution in [0, 0.1) is 0 Å². The second-order valence-corrected chi connectivity index (χ2v) is 5.36. The zero-order chi connectivity index (χ0) is 16.3. The van der Waals surface area contributed by atoms with Crippen LogP contribution in [-0.2, 0) is 28.9 Å². The van der Waals surface area contributed by atoms with Gasteiger partial charge in [0.2, 0.25) is 12.8 Å². The van der Waals surface area contributed by atoms with Gasteiger partial charge in [-0.05, 0) is 41.5 Å². The second-order valence-electron chi connectivity index (χ2n) is 5.36. The van der Waals surface area contributed by atoms with E-state index in [4.69, 9.17) is 0 Å². The van der Waals surface area contributed by atoms with Crippen LogP contribution in [-0.4, -0.2) is 25.9 Å². The first kappa shape index (κ1) is 16.7. The fourth-order valence-electron chi connectivity index (χ4n) is 2.68. The van der Waals surface area contributed by atoms with E-state index in [1.165, 1.54) is 22.3 Å². The van der Waals surface area contributed by atoms with Crippen molar-refractivity contribution in [2.75, 3.05) is 13.1 Å². The number of amides is 2. The van der Waals surface area contributed by atoms with Crippen LogP contribution in [0.2, 0.25) is 0 Å². The highest BCUT2D eigenvalue weighted by atomic mass is 16.1. The number of carbonyl (C=O) groups is 2. The van der Waals surface area contributed by atoms with Gasteiger partial charge in [0.15, 0.2) is 0 Å². The van der Waals surface area contributed by atoms with E-state index >= 15 is 0 Å². The topological polar surface area (TPSA) is 58.2 Å². The molecule has 4 heteroatoms. The maximum Gasteiger partial charge on any atom is 0.207 e. The summed E-state index contributed by atoms with van der Waals surface area (Å²) in [5.74, 6) is 0. The monoisotopic (exact) mass is 310 g/mol. The Hall–Kier alpha value is -2.62. The van der Waals surface area contributed by atoms with Crippen LogP contribution in [0.4, 0.5) is 0 Å². The Morgan fingerprint density at radius 2 is 1.04 bits per heavy atom. The number of rotatable bonds is 10. The van der Waals surface area contributed by atoms with Gasteiger partial charge in [0, 0.05) is 13.1 Å². The lowest BCUT2D eigenvalue weighted by atomic mass is 9.94. The summed E-state index contributed by atoms with van der Waals surface area (Å²) in [6.45, 7) is 1.29. The molecule has 0 heterocycles. The molecule has 2 rings (SSSR count). The first-order chi connectivity index (χ1) is 11.3. The highest BCUT2D eigenvalue weighted by molar-refractivity contribution is 5.46. The van der Waals surface area contributed by atoms with Crippen molar-refractivity contribution in [3.05, 3.63) is 70.8 Å². The number of hydrogen-bond donors (Lipinski definition) is 2. The molecule has 0 atom stereocenters. The van der Waals surface area contributed by atoms with Gasteiger partial charge in [-0.15, -0.1) is 0 Å². The molecule has 0 aliphatic rings. The predicted octanol–water partition coefficient (Wildman–Crippen LogP) is 1.85. The van der Waals surface area contributed by atoms with Gasteiger partial charge in [-0.3, -0.25) is 9.59 Å². The molecule has 0 saturated heterocycles. The SMILES string of the molecule is O=CNCCc1ccccc1Cc1ccccc1CCNC=O. The lowest BCUT2D eigenvalue weighted by Crippen LogP contribution is -2.16. The summed E-state index contributed by atoms with van der Waals surface area (Å²) in [6.07, 6.45) is 3.97. The summed E-state index contributed by atoms with van der Waals surface area (Å²) >= 11 is 0. The van der Waals surface area contributed by atoms with Gasteiger partial charge in [0.25, 0.3) is 0 Å². The first-order valence-electron chi connectivity index (χ1n) is 7.82. The molecular formula is C19H22N2O2. The van der Waals surface area contributed by atoms with Crippen LogP contribution >= 0.6 is 0 Å². The maximum absolute atomic E-state index is 10.4. The third-order valence-electron chi connectivity index (χ3n) is 3.86. The molecule has 2 N–H and O–H groups in total. The average molecular weight is 310 g/mol. The Morgan fingerprint density at radius 3 is 1.43 bits per heavy atom. The van der Waals surface area contributed by atoms with Crippen molar-refractivity contribution in [2.24, 2.45) is 0 Å². The number of hydrogen-bond acceptors (Lipinski definition) is 2. The Labute approximate surface area is 136 Å². The molecule has 2 aromatic carbocycles. The molecule has 0 spiro atoms. The van der Waals surface area contributed by atoms with E-state index in [0.29, 0.717) is 13.1 Å². The number of carbonyl (C=O) groups excluding carboxylic acids is 2. The molecule has 0 unspecified atom stereocenters. The van der Waals surface area contributed by atoms with E-state index in [9.17, 15) is 9.59 Å². The van der Waals surface area contributed by atoms with Crippen molar-refractivity contribution in [3.63, 3.8) is 0 Å². The molecule has 0 fully saturated rings. The fraction of sp³-hybridized carbons (Fsp3) is 0.263. The number of benzene rings is 2. The minimum absolute atomic E-state index is 0.644. The van der Waals surface area contributed by atoms with E-state index in [0.717, 1.165) is 32.1 Å². The molecule has 2 aromatic rings. The highest BCUT2D eigenvalue weighted by Gasteiger charge is 2.06. The molecular weight excluding hydrogens is 288 g/mol. The van der Waals surface area contributed by atoms with Crippen molar-refractivity contribution in [1.29, 1.82) is 0 Å². The molecule has 4 nitrogen and oxygen atoms in total. The lowest BCUT2D eigenvalue weighted by molar-refractivity contribution is -0.110. The molecule has 120 valence electrons. The van der Waals surface area contributed by atoms with Gasteiger partial charge in [-0.1, -0.05) is 48.5 Å². The van der Waals surface area contributed by atoms with Crippen LogP contribution < -0.4 is 10.6 Å². The Morgan fingerprint density at radius 1 is 0.652 bits per heavy atom. The minimum atomic E-state index is 0.644. The average Bonchev–Trinajstić information content (AvgIpc) is 2.58. The van der Waals surface area contributed by atoms with Crippen LogP contribution in [0.25, 0.3) is 0 Å². The van der Waals surface area contributed by atoms with Gasteiger partial charge < -0.3 is 10.6 Å². The summed E-state index contributed by atoms with van der Waals surface area (Å²) in [6, 6.07) is 16.6. The van der Waals surface area contributed by atoms with Crippen molar-refractivity contribution in [1.82, 2.24) is 10.6 Å². The first-order valence-corrected chi connectivity index (χ1v) is 7.82. The molecule has 0 aromatic heterocycles. The van der Waals surface area contributed by atoms with Crippen molar-refractivity contribution in [2.45, 2.75) is 19.3 Å². The van der Waals surface area contributed by atoms with E-state index in [2.05, 4.69) is 34.9 Å². The predicted molar refractivity (Wildman–Crippen MR) is 91.2 cm³/mol. The van der Waals surface area contributed by atoms with Gasteiger partial charge in [-0.25, -0.2) is 0 Å². The van der Waals surface area contributed by atoms with Gasteiger partial charge in [-0.2, -0.15) is 0 Å². The van der Waals surface area contributed by atoms with E-state index in [1.807, 2.05) is 24.3 Å². The van der Waals surface area contributed by atoms with E-state index in [1.54, 1.807) is 0 Å². The summed E-state index contributed by atoms with van der Waals surface area (Å²) in [5, 5.41) is 5.42. The van der Waals surface area contributed by atoms with Crippen LogP contribution in [0.1, 0.15) is 22.3 Å². The van der Waals surface area contributed by atoms with Crippen molar-refractivity contribution < 1.29 is 9.59 Å². The second kappa shape index (κ2) is 9.41. The summed E-state index contributed by atoms with van der Waals surface area (Å²) in [4.78, 5) is 20.8. The Balaban J connectivity index is 2.12. The standard InChI is InChI=1S/C19H22N2O2/c22-14-20-11-9-16-5-1-3-7-18(16)13-19-8-4-2-6-17(19)10-12-21-15-23/h1-8,14-15H,9-13H2,(H,20,22)(H,21,23). The zero-order valence-electron chi connectivity index (χ0n) is 13.1. The smallest absolute Gasteiger partial charge is 0.207 e. The molecule has 0 aliphatic heterocycles. The normalized spacial score (nSPS) is 10.1. The fourth-order valence-corrected chi connectivity index (χ4v) is 2.68. The molecule has 0 aliphatic carbocycles. The molecule has 0 radical (unpaired) electrons. The largest absolute Gasteiger partial charge is 0.358 e. The zero-order valence-corrected chi connectivity index (χ0v) is 13.1. The summed E-state index contributed by atoms with van der Waals surface area (Å²) in [7, 11) is 0. The van der Waals surface area contributed by atoms with E-state index in [-0.39, 0.29) is 0 Å². The van der Waals surface area contributed by atoms with Crippen molar-refractivity contribution in [3.8, 4) is 0 Å². The molecule has 23 heavy (non-hydrogen) atoms. The third-order valence-corrected chi connectivity index (χ3v) is 3.86. The minimum Gasteiger partial charge on any atom is -0.358 e. The lowest BCUT2D eigenvalue weighted by Gasteiger charge is -2.13. The summed E-state index contributed by atoms with van der Waals surface area (Å²) < 4.78 is 0. The van der Waals surface area contributed by atoms with Crippen LogP contribution in [0.5, 0.6) is 0 Å². The molecule has 2 amide bonds. The van der Waals surface area contributed by atoms with Crippen LogP contribution in [0.15, 0.2) is 48.5 Å². The van der Waals surface area contributed by atoms with Crippen molar-refractivity contribution >= 4 is 12.8 Å². The third kappa shape index (κ3) is 5.25. The molecule has 0 bridgehead atoms. The molecule has 0 saturated carbocycles. The quantitative estimate of drug-likeness (QED) is 0.520. The van der Waals surface area contributed by atoms with E-state index < -0.39 is 0 Å². The van der Waals surface area contributed by atoms with Gasteiger partial charge in [0.05, 0.1) is 0 Å². The Bertz CT molecular complexity index is 585. The van der Waals surface area contributed by atoms with Gasteiger partial charge >= 0.3 is 0 Å². The highest BCUT2D eigenvalue weighted by Crippen LogP contribution is 2.18. The number of nitrogens with one attached hydrogen (secondary N) is 2. The Kier molecular flexibility index (Phi) is 6.85. The van der Waals surface area contributed by atoms with Crippen LogP contribution in [0.3, 0.4) is 0 Å². The summed E-state index contributed by atoms with van der Waals surface area (Å²) in [5.41, 5.74) is 5.05. The maximum atomic E-state index is 10.4. The van der Waals surface area contributed by atoms with Gasteiger partial charge in [0.1, 0.15) is 0 Å².